The maximum Gasteiger partial charge on any atom is 0.279 e. The largest absolute Gasteiger partial charge is 0.304 e. The van der Waals surface area contributed by atoms with Crippen LogP contribution < -0.4 is 5.32 Å². The minimum Gasteiger partial charge on any atom is -0.304 e. The Morgan fingerprint density at radius 3 is 3.14 bits per heavy atom. The Balaban J connectivity index is 2.05. The van der Waals surface area contributed by atoms with Crippen molar-refractivity contribution in [3.05, 3.63) is 4.85 Å². The summed E-state index contributed by atoms with van der Waals surface area (Å²) in [6, 6.07) is 3.40. The van der Waals surface area contributed by atoms with Crippen LogP contribution in [0.1, 0.15) is 6.92 Å². The molecule has 2 heteroatoms. The average Bonchev–Trinajstić information content (AvgIpc) is 2.42. The fourth-order valence-electron chi connectivity index (χ4n) is 0.414. The summed E-state index contributed by atoms with van der Waals surface area (Å²) >= 11 is 0. The summed E-state index contributed by atoms with van der Waals surface area (Å²) in [5.41, 5.74) is 0. The van der Waals surface area contributed by atoms with Crippen molar-refractivity contribution in [1.82, 2.24) is 5.32 Å². The molecular weight excluding hydrogens is 88.1 g/mol. The molecule has 1 N–H and O–H groups in total. The minimum absolute atomic E-state index is 0.674. The Kier molecular flexibility index (Phi) is 1.28. The molecule has 1 aliphatic rings. The normalized spacial score (nSPS) is 25.6. The fraction of sp³-hybridized carbons (Fsp3) is 0.800. The molecule has 0 radical (unpaired) electrons. The van der Waals surface area contributed by atoms with E-state index in [1.807, 2.05) is 6.92 Å². The SMILES string of the molecule is CC#[N+]CC1CN1. The lowest BCUT2D eigenvalue weighted by molar-refractivity contribution is 1.04. The van der Waals surface area contributed by atoms with Gasteiger partial charge in [-0.3, -0.25) is 0 Å². The number of hydrogen-bond donors (Lipinski definition) is 1. The van der Waals surface area contributed by atoms with Crippen LogP contribution >= 0.6 is 0 Å². The van der Waals surface area contributed by atoms with E-state index in [4.69, 9.17) is 0 Å². The highest BCUT2D eigenvalue weighted by Gasteiger charge is 2.24. The highest BCUT2D eigenvalue weighted by Crippen LogP contribution is 1.94. The Labute approximate surface area is 43.3 Å². The first-order chi connectivity index (χ1) is 3.43. The van der Waals surface area contributed by atoms with Gasteiger partial charge in [-0.25, -0.2) is 0 Å². The lowest BCUT2D eigenvalue weighted by Gasteiger charge is -1.62. The molecule has 1 fully saturated rings. The van der Waals surface area contributed by atoms with Gasteiger partial charge in [0.15, 0.2) is 0 Å². The van der Waals surface area contributed by atoms with Gasteiger partial charge in [0.05, 0.1) is 13.0 Å². The Hall–Kier alpha value is -0.550. The molecule has 1 aliphatic heterocycles. The van der Waals surface area contributed by atoms with E-state index < -0.39 is 0 Å². The lowest BCUT2D eigenvalue weighted by Crippen LogP contribution is -1.91. The van der Waals surface area contributed by atoms with E-state index in [0.717, 1.165) is 13.1 Å². The van der Waals surface area contributed by atoms with Gasteiger partial charge < -0.3 is 5.32 Å². The van der Waals surface area contributed by atoms with Crippen molar-refractivity contribution in [3.8, 4) is 6.07 Å². The minimum atomic E-state index is 0.674. The van der Waals surface area contributed by atoms with E-state index in [-0.39, 0.29) is 0 Å². The molecule has 1 rings (SSSR count). The molecule has 0 aromatic rings. The van der Waals surface area contributed by atoms with Crippen molar-refractivity contribution in [2.45, 2.75) is 13.0 Å². The van der Waals surface area contributed by atoms with Gasteiger partial charge in [-0.15, -0.1) is 0 Å². The topological polar surface area (TPSA) is 26.3 Å². The zero-order valence-corrected chi connectivity index (χ0v) is 4.44. The molecule has 1 unspecified atom stereocenters. The second kappa shape index (κ2) is 1.94. The van der Waals surface area contributed by atoms with Crippen LogP contribution in [0.15, 0.2) is 0 Å². The van der Waals surface area contributed by atoms with E-state index in [9.17, 15) is 0 Å². The predicted octanol–water partition coefficient (Wildman–Crippen LogP) is 0.311. The maximum absolute atomic E-state index is 3.92. The van der Waals surface area contributed by atoms with Crippen LogP contribution in [0.4, 0.5) is 0 Å². The van der Waals surface area contributed by atoms with E-state index >= 15 is 0 Å². The van der Waals surface area contributed by atoms with Crippen LogP contribution in [0.2, 0.25) is 0 Å². The second-order valence-electron chi connectivity index (χ2n) is 1.67. The summed E-state index contributed by atoms with van der Waals surface area (Å²) in [5, 5.41) is 3.14. The Morgan fingerprint density at radius 1 is 2.00 bits per heavy atom. The molecule has 7 heavy (non-hydrogen) atoms. The second-order valence-corrected chi connectivity index (χ2v) is 1.67. The molecule has 38 valence electrons. The van der Waals surface area contributed by atoms with E-state index in [1.54, 1.807) is 0 Å². The number of nitrogens with zero attached hydrogens (tertiary/aromatic N) is 1. The molecule has 0 spiro atoms. The smallest absolute Gasteiger partial charge is 0.279 e. The van der Waals surface area contributed by atoms with Crippen LogP contribution in [0.5, 0.6) is 0 Å². The van der Waals surface area contributed by atoms with Crippen molar-refractivity contribution in [2.75, 3.05) is 13.1 Å². The van der Waals surface area contributed by atoms with Crippen LogP contribution in [0.3, 0.4) is 0 Å². The maximum atomic E-state index is 3.92. The molecular formula is C5H9N2+. The molecule has 0 aromatic heterocycles. The van der Waals surface area contributed by atoms with Crippen molar-refractivity contribution in [1.29, 1.82) is 0 Å². The molecule has 1 atom stereocenters. The molecule has 0 bridgehead atoms. The fourth-order valence-corrected chi connectivity index (χ4v) is 0.414. The molecule has 0 saturated carbocycles. The van der Waals surface area contributed by atoms with Crippen LogP contribution in [-0.4, -0.2) is 19.1 Å². The molecule has 0 aliphatic carbocycles. The van der Waals surface area contributed by atoms with Gasteiger partial charge in [-0.05, 0) is 0 Å². The number of nitrogens with one attached hydrogen (secondary N) is 1. The third-order valence-electron chi connectivity index (χ3n) is 0.963. The van der Waals surface area contributed by atoms with Gasteiger partial charge in [-0.1, -0.05) is 4.85 Å². The average molecular weight is 97.1 g/mol. The van der Waals surface area contributed by atoms with Gasteiger partial charge in [0.2, 0.25) is 0 Å². The quantitative estimate of drug-likeness (QED) is 0.468. The molecule has 0 aromatic carbocycles. The van der Waals surface area contributed by atoms with Gasteiger partial charge in [-0.2, -0.15) is 0 Å². The Morgan fingerprint density at radius 2 is 2.71 bits per heavy atom. The van der Waals surface area contributed by atoms with Crippen LogP contribution in [-0.2, 0) is 0 Å². The van der Waals surface area contributed by atoms with E-state index in [2.05, 4.69) is 16.2 Å². The van der Waals surface area contributed by atoms with Crippen LogP contribution in [0.25, 0.3) is 4.85 Å². The van der Waals surface area contributed by atoms with E-state index in [1.165, 1.54) is 0 Å². The van der Waals surface area contributed by atoms with Gasteiger partial charge in [0.25, 0.3) is 12.6 Å². The monoisotopic (exact) mass is 97.1 g/mol. The zero-order valence-electron chi connectivity index (χ0n) is 4.44. The number of rotatable bonds is 1. The van der Waals surface area contributed by atoms with Gasteiger partial charge >= 0.3 is 0 Å². The van der Waals surface area contributed by atoms with Gasteiger partial charge in [0.1, 0.15) is 0 Å². The molecule has 1 saturated heterocycles. The lowest BCUT2D eigenvalue weighted by atomic mass is 10.5. The third kappa shape index (κ3) is 1.56. The van der Waals surface area contributed by atoms with Crippen LogP contribution in [0, 0.1) is 6.07 Å². The Bertz CT molecular complexity index is 105. The summed E-state index contributed by atoms with van der Waals surface area (Å²) in [7, 11) is 0. The van der Waals surface area contributed by atoms with Crippen molar-refractivity contribution in [3.63, 3.8) is 0 Å². The van der Waals surface area contributed by atoms with E-state index in [0.29, 0.717) is 6.04 Å². The molecule has 2 nitrogen and oxygen atoms in total. The molecule has 1 heterocycles. The summed E-state index contributed by atoms with van der Waals surface area (Å²) in [5.74, 6) is 0. The predicted molar refractivity (Wildman–Crippen MR) is 29.6 cm³/mol. The van der Waals surface area contributed by atoms with Crippen molar-refractivity contribution < 1.29 is 0 Å². The summed E-state index contributed by atoms with van der Waals surface area (Å²) in [6.45, 7) is 3.88. The van der Waals surface area contributed by atoms with Crippen molar-refractivity contribution >= 4 is 0 Å². The molecule has 0 amide bonds. The highest BCUT2D eigenvalue weighted by molar-refractivity contribution is 4.94. The van der Waals surface area contributed by atoms with Crippen molar-refractivity contribution in [2.24, 2.45) is 0 Å². The standard InChI is InChI=1S/C5H9N2/c1-2-6-3-5-4-7-5/h5,7H,3-4H2,1H3/q+1. The first-order valence-corrected chi connectivity index (χ1v) is 2.50. The summed E-state index contributed by atoms with van der Waals surface area (Å²) < 4.78 is 0. The first kappa shape index (κ1) is 4.61. The zero-order chi connectivity index (χ0) is 5.11. The van der Waals surface area contributed by atoms with Gasteiger partial charge in [0, 0.05) is 6.54 Å². The first-order valence-electron chi connectivity index (χ1n) is 2.50. The summed E-state index contributed by atoms with van der Waals surface area (Å²) in [6.07, 6.45) is 0. The summed E-state index contributed by atoms with van der Waals surface area (Å²) in [4.78, 5) is 3.92. The number of hydrogen-bond acceptors (Lipinski definition) is 1. The highest BCUT2D eigenvalue weighted by atomic mass is 15.1. The third-order valence-corrected chi connectivity index (χ3v) is 0.963.